The second kappa shape index (κ2) is 8.65. The SMILES string of the molecule is COc1ccc(N(Cc2coc(-c3ccccc3)n2)S(=O)(=O)c2ccc(C)cc2)cc1. The zero-order chi connectivity index (χ0) is 21.8. The first kappa shape index (κ1) is 20.7. The van der Waals surface area contributed by atoms with Crippen molar-refractivity contribution in [1.29, 1.82) is 0 Å². The van der Waals surface area contributed by atoms with Gasteiger partial charge >= 0.3 is 0 Å². The van der Waals surface area contributed by atoms with E-state index >= 15 is 0 Å². The number of hydrogen-bond acceptors (Lipinski definition) is 5. The van der Waals surface area contributed by atoms with Crippen molar-refractivity contribution in [1.82, 2.24) is 4.98 Å². The fourth-order valence-corrected chi connectivity index (χ4v) is 4.58. The van der Waals surface area contributed by atoms with Crippen LogP contribution in [0.5, 0.6) is 5.75 Å². The minimum absolute atomic E-state index is 0.0267. The molecule has 0 aliphatic heterocycles. The van der Waals surface area contributed by atoms with Crippen LogP contribution >= 0.6 is 0 Å². The Labute approximate surface area is 181 Å². The summed E-state index contributed by atoms with van der Waals surface area (Å²) >= 11 is 0. The zero-order valence-corrected chi connectivity index (χ0v) is 18.0. The van der Waals surface area contributed by atoms with E-state index < -0.39 is 10.0 Å². The second-order valence-corrected chi connectivity index (χ2v) is 8.90. The molecular weight excluding hydrogens is 412 g/mol. The molecule has 3 aromatic carbocycles. The Morgan fingerprint density at radius 3 is 2.26 bits per heavy atom. The van der Waals surface area contributed by atoms with Crippen LogP contribution in [0.15, 0.2) is 94.4 Å². The maximum Gasteiger partial charge on any atom is 0.264 e. The van der Waals surface area contributed by atoms with Crippen molar-refractivity contribution in [2.75, 3.05) is 11.4 Å². The summed E-state index contributed by atoms with van der Waals surface area (Å²) in [5, 5.41) is 0. The fraction of sp³-hybridized carbons (Fsp3) is 0.125. The van der Waals surface area contributed by atoms with Crippen molar-refractivity contribution in [3.63, 3.8) is 0 Å². The zero-order valence-electron chi connectivity index (χ0n) is 17.2. The van der Waals surface area contributed by atoms with Gasteiger partial charge in [0.15, 0.2) is 0 Å². The van der Waals surface area contributed by atoms with Gasteiger partial charge in [-0.25, -0.2) is 13.4 Å². The molecule has 7 heteroatoms. The molecule has 6 nitrogen and oxygen atoms in total. The van der Waals surface area contributed by atoms with E-state index in [-0.39, 0.29) is 11.4 Å². The molecule has 0 atom stereocenters. The van der Waals surface area contributed by atoms with E-state index in [0.717, 1.165) is 11.1 Å². The van der Waals surface area contributed by atoms with Gasteiger partial charge in [-0.15, -0.1) is 0 Å². The molecule has 1 heterocycles. The van der Waals surface area contributed by atoms with Crippen molar-refractivity contribution in [3.05, 3.63) is 96.4 Å². The summed E-state index contributed by atoms with van der Waals surface area (Å²) in [6, 6.07) is 23.1. The Balaban J connectivity index is 1.72. The Morgan fingerprint density at radius 1 is 0.935 bits per heavy atom. The Bertz CT molecular complexity index is 1250. The molecular formula is C24H22N2O4S. The summed E-state index contributed by atoms with van der Waals surface area (Å²) in [5.41, 5.74) is 2.82. The highest BCUT2D eigenvalue weighted by Gasteiger charge is 2.26. The standard InChI is InChI=1S/C24H22N2O4S/c1-18-8-14-23(15-9-18)31(27,28)26(21-10-12-22(29-2)13-11-21)16-20-17-30-24(25-20)19-6-4-3-5-7-19/h3-15,17H,16H2,1-2H3. The molecule has 1 aromatic heterocycles. The van der Waals surface area contributed by atoms with Crippen molar-refractivity contribution in [2.45, 2.75) is 18.4 Å². The van der Waals surface area contributed by atoms with Crippen LogP contribution in [-0.2, 0) is 16.6 Å². The number of aromatic nitrogens is 1. The number of benzene rings is 3. The van der Waals surface area contributed by atoms with E-state index in [0.29, 0.717) is 23.0 Å². The number of nitrogens with zero attached hydrogens (tertiary/aromatic N) is 2. The summed E-state index contributed by atoms with van der Waals surface area (Å²) < 4.78 is 39.2. The van der Waals surface area contributed by atoms with E-state index in [4.69, 9.17) is 9.15 Å². The lowest BCUT2D eigenvalue weighted by Crippen LogP contribution is -2.30. The molecule has 0 saturated carbocycles. The number of aryl methyl sites for hydroxylation is 1. The van der Waals surface area contributed by atoms with Gasteiger partial charge in [-0.1, -0.05) is 35.9 Å². The normalized spacial score (nSPS) is 11.3. The number of methoxy groups -OCH3 is 1. The van der Waals surface area contributed by atoms with Crippen LogP contribution in [0, 0.1) is 6.92 Å². The third-order valence-electron chi connectivity index (χ3n) is 4.85. The maximum atomic E-state index is 13.5. The fourth-order valence-electron chi connectivity index (χ4n) is 3.14. The van der Waals surface area contributed by atoms with Crippen molar-refractivity contribution in [2.24, 2.45) is 0 Å². The highest BCUT2D eigenvalue weighted by molar-refractivity contribution is 7.92. The summed E-state index contributed by atoms with van der Waals surface area (Å²) in [4.78, 5) is 4.71. The minimum atomic E-state index is -3.83. The largest absolute Gasteiger partial charge is 0.497 e. The van der Waals surface area contributed by atoms with E-state index in [2.05, 4.69) is 4.98 Å². The summed E-state index contributed by atoms with van der Waals surface area (Å²) in [6.45, 7) is 1.94. The lowest BCUT2D eigenvalue weighted by Gasteiger charge is -2.24. The van der Waals surface area contributed by atoms with Gasteiger partial charge in [-0.05, 0) is 55.5 Å². The van der Waals surface area contributed by atoms with Gasteiger partial charge in [0.1, 0.15) is 17.7 Å². The van der Waals surface area contributed by atoms with Crippen LogP contribution in [0.4, 0.5) is 5.69 Å². The Hall–Kier alpha value is -3.58. The molecule has 158 valence electrons. The number of oxazole rings is 1. The molecule has 0 saturated heterocycles. The van der Waals surface area contributed by atoms with E-state index in [1.165, 1.54) is 10.6 Å². The van der Waals surface area contributed by atoms with Gasteiger partial charge in [-0.3, -0.25) is 4.31 Å². The van der Waals surface area contributed by atoms with Crippen LogP contribution in [0.3, 0.4) is 0 Å². The van der Waals surface area contributed by atoms with Gasteiger partial charge in [0.2, 0.25) is 5.89 Å². The third kappa shape index (κ3) is 4.46. The predicted molar refractivity (Wildman–Crippen MR) is 119 cm³/mol. The number of rotatable bonds is 7. The molecule has 4 rings (SSSR count). The highest BCUT2D eigenvalue weighted by atomic mass is 32.2. The van der Waals surface area contributed by atoms with Gasteiger partial charge < -0.3 is 9.15 Å². The molecule has 0 fully saturated rings. The number of hydrogen-bond donors (Lipinski definition) is 0. The van der Waals surface area contributed by atoms with E-state index in [1.54, 1.807) is 55.6 Å². The lowest BCUT2D eigenvalue weighted by atomic mass is 10.2. The average molecular weight is 435 g/mol. The third-order valence-corrected chi connectivity index (χ3v) is 6.64. The van der Waals surface area contributed by atoms with Crippen molar-refractivity contribution >= 4 is 15.7 Å². The lowest BCUT2D eigenvalue weighted by molar-refractivity contribution is 0.415. The van der Waals surface area contributed by atoms with Crippen LogP contribution < -0.4 is 9.04 Å². The van der Waals surface area contributed by atoms with Crippen LogP contribution in [0.1, 0.15) is 11.3 Å². The first-order valence-electron chi connectivity index (χ1n) is 9.70. The number of anilines is 1. The summed E-state index contributed by atoms with van der Waals surface area (Å²) in [7, 11) is -2.27. The quantitative estimate of drug-likeness (QED) is 0.407. The topological polar surface area (TPSA) is 72.6 Å². The first-order chi connectivity index (χ1) is 15.0. The van der Waals surface area contributed by atoms with E-state index in [1.807, 2.05) is 37.3 Å². The predicted octanol–water partition coefficient (Wildman–Crippen LogP) is 5.05. The summed E-state index contributed by atoms with van der Waals surface area (Å²) in [5.74, 6) is 1.09. The van der Waals surface area contributed by atoms with Gasteiger partial charge in [0, 0.05) is 5.56 Å². The van der Waals surface area contributed by atoms with Crippen LogP contribution in [0.25, 0.3) is 11.5 Å². The molecule has 0 aliphatic carbocycles. The smallest absolute Gasteiger partial charge is 0.264 e. The molecule has 0 radical (unpaired) electrons. The molecule has 4 aromatic rings. The van der Waals surface area contributed by atoms with Gasteiger partial charge in [0.25, 0.3) is 10.0 Å². The second-order valence-electron chi connectivity index (χ2n) is 7.03. The average Bonchev–Trinajstić information content (AvgIpc) is 3.27. The maximum absolute atomic E-state index is 13.5. The van der Waals surface area contributed by atoms with Crippen molar-refractivity contribution in [3.8, 4) is 17.2 Å². The van der Waals surface area contributed by atoms with Crippen LogP contribution in [0.2, 0.25) is 0 Å². The molecule has 0 amide bonds. The Kier molecular flexibility index (Phi) is 5.77. The monoisotopic (exact) mass is 434 g/mol. The van der Waals surface area contributed by atoms with Gasteiger partial charge in [0.05, 0.1) is 24.2 Å². The molecule has 0 unspecified atom stereocenters. The molecule has 0 aliphatic rings. The minimum Gasteiger partial charge on any atom is -0.497 e. The Morgan fingerprint density at radius 2 is 1.61 bits per heavy atom. The molecule has 0 N–H and O–H groups in total. The first-order valence-corrected chi connectivity index (χ1v) is 11.1. The number of sulfonamides is 1. The molecule has 31 heavy (non-hydrogen) atoms. The number of ether oxygens (including phenoxy) is 1. The van der Waals surface area contributed by atoms with E-state index in [9.17, 15) is 8.42 Å². The molecule has 0 bridgehead atoms. The molecule has 0 spiro atoms. The highest BCUT2D eigenvalue weighted by Crippen LogP contribution is 2.28. The van der Waals surface area contributed by atoms with Crippen molar-refractivity contribution < 1.29 is 17.6 Å². The van der Waals surface area contributed by atoms with Gasteiger partial charge in [-0.2, -0.15) is 0 Å². The van der Waals surface area contributed by atoms with Crippen LogP contribution in [-0.4, -0.2) is 20.5 Å². The summed E-state index contributed by atoms with van der Waals surface area (Å²) in [6.07, 6.45) is 1.49.